The number of ether oxygens (including phenoxy) is 1. The number of carbonyl (C=O) groups is 1. The summed E-state index contributed by atoms with van der Waals surface area (Å²) in [6, 6.07) is 12.4. The molecule has 0 unspecified atom stereocenters. The molecule has 7 heteroatoms. The molecule has 2 N–H and O–H groups in total. The summed E-state index contributed by atoms with van der Waals surface area (Å²) in [5.41, 5.74) is 0.577. The molecule has 6 nitrogen and oxygen atoms in total. The molecule has 1 aromatic carbocycles. The molecule has 1 amide bonds. The van der Waals surface area contributed by atoms with Gasteiger partial charge in [0.1, 0.15) is 12.4 Å². The maximum atomic E-state index is 13.7. The normalized spacial score (nSPS) is 10.5. The number of furan rings is 1. The van der Waals surface area contributed by atoms with Gasteiger partial charge in [0.15, 0.2) is 17.3 Å². The van der Waals surface area contributed by atoms with Crippen LogP contribution in [0.25, 0.3) is 0 Å². The summed E-state index contributed by atoms with van der Waals surface area (Å²) in [5, 5.41) is 11.6. The summed E-state index contributed by atoms with van der Waals surface area (Å²) in [4.78, 5) is 16.1. The Morgan fingerprint density at radius 3 is 2.80 bits per heavy atom. The molecule has 25 heavy (non-hydrogen) atoms. The maximum Gasteiger partial charge on any atom is 0.287 e. The van der Waals surface area contributed by atoms with Crippen LogP contribution in [0.2, 0.25) is 0 Å². The minimum absolute atomic E-state index is 0.0485. The molecule has 3 aromatic rings. The van der Waals surface area contributed by atoms with Gasteiger partial charge in [-0.05, 0) is 30.3 Å². The molecule has 0 aliphatic rings. The highest BCUT2D eigenvalue weighted by atomic mass is 19.1. The van der Waals surface area contributed by atoms with Crippen molar-refractivity contribution in [3.05, 3.63) is 77.6 Å². The first-order chi connectivity index (χ1) is 12.2. The predicted molar refractivity (Wildman–Crippen MR) is 86.5 cm³/mol. The maximum absolute atomic E-state index is 13.7. The molecule has 0 saturated heterocycles. The smallest absolute Gasteiger partial charge is 0.287 e. The van der Waals surface area contributed by atoms with Crippen LogP contribution < -0.4 is 10.1 Å². The van der Waals surface area contributed by atoms with Crippen LogP contribution in [0.15, 0.2) is 59.1 Å². The van der Waals surface area contributed by atoms with Gasteiger partial charge in [-0.2, -0.15) is 0 Å². The van der Waals surface area contributed by atoms with Crippen molar-refractivity contribution >= 4 is 5.91 Å². The van der Waals surface area contributed by atoms with E-state index in [2.05, 4.69) is 10.3 Å². The first-order valence-electron chi connectivity index (χ1n) is 7.51. The zero-order valence-electron chi connectivity index (χ0n) is 13.1. The second kappa shape index (κ2) is 7.59. The SMILES string of the molecule is O=C(NCc1cccnc1Oc1ccccc1F)c1ccc(CO)o1. The summed E-state index contributed by atoms with van der Waals surface area (Å²) >= 11 is 0. The monoisotopic (exact) mass is 342 g/mol. The van der Waals surface area contributed by atoms with Crippen LogP contribution in [0, 0.1) is 5.82 Å². The lowest BCUT2D eigenvalue weighted by molar-refractivity contribution is 0.0918. The van der Waals surface area contributed by atoms with Gasteiger partial charge in [0.2, 0.25) is 5.88 Å². The first-order valence-corrected chi connectivity index (χ1v) is 7.51. The molecule has 0 bridgehead atoms. The second-order valence-electron chi connectivity index (χ2n) is 5.11. The number of benzene rings is 1. The molecule has 2 heterocycles. The lowest BCUT2D eigenvalue weighted by Crippen LogP contribution is -2.22. The second-order valence-corrected chi connectivity index (χ2v) is 5.11. The number of halogens is 1. The summed E-state index contributed by atoms with van der Waals surface area (Å²) in [5.74, 6) is -0.314. The summed E-state index contributed by atoms with van der Waals surface area (Å²) in [7, 11) is 0. The predicted octanol–water partition coefficient (Wildman–Crippen LogP) is 3.03. The number of aliphatic hydroxyl groups is 1. The number of carbonyl (C=O) groups excluding carboxylic acids is 1. The van der Waals surface area contributed by atoms with Gasteiger partial charge in [-0.1, -0.05) is 18.2 Å². The van der Waals surface area contributed by atoms with Gasteiger partial charge >= 0.3 is 0 Å². The molecule has 0 atom stereocenters. The lowest BCUT2D eigenvalue weighted by Gasteiger charge is -2.10. The fourth-order valence-electron chi connectivity index (χ4n) is 2.13. The van der Waals surface area contributed by atoms with E-state index in [0.717, 1.165) is 0 Å². The number of amides is 1. The van der Waals surface area contributed by atoms with Gasteiger partial charge in [-0.3, -0.25) is 4.79 Å². The Morgan fingerprint density at radius 1 is 1.20 bits per heavy atom. The van der Waals surface area contributed by atoms with E-state index in [0.29, 0.717) is 11.3 Å². The third kappa shape index (κ3) is 4.02. The highest BCUT2D eigenvalue weighted by Crippen LogP contribution is 2.25. The van der Waals surface area contributed by atoms with Gasteiger partial charge in [-0.25, -0.2) is 9.37 Å². The van der Waals surface area contributed by atoms with Crippen molar-refractivity contribution in [3.8, 4) is 11.6 Å². The van der Waals surface area contributed by atoms with E-state index in [4.69, 9.17) is 14.3 Å². The van der Waals surface area contributed by atoms with Crippen LogP contribution in [-0.2, 0) is 13.2 Å². The van der Waals surface area contributed by atoms with Crippen LogP contribution in [-0.4, -0.2) is 16.0 Å². The summed E-state index contributed by atoms with van der Waals surface area (Å²) in [6.07, 6.45) is 1.52. The van der Waals surface area contributed by atoms with Crippen molar-refractivity contribution < 1.29 is 23.4 Å². The number of hydrogen-bond donors (Lipinski definition) is 2. The minimum Gasteiger partial charge on any atom is -0.453 e. The zero-order chi connectivity index (χ0) is 17.6. The van der Waals surface area contributed by atoms with Crippen molar-refractivity contribution in [2.75, 3.05) is 0 Å². The number of nitrogens with zero attached hydrogens (tertiary/aromatic N) is 1. The molecule has 128 valence electrons. The lowest BCUT2D eigenvalue weighted by atomic mass is 10.2. The van der Waals surface area contributed by atoms with Gasteiger partial charge in [-0.15, -0.1) is 0 Å². The summed E-state index contributed by atoms with van der Waals surface area (Å²) < 4.78 is 24.4. The van der Waals surface area contributed by atoms with Crippen LogP contribution in [0.3, 0.4) is 0 Å². The van der Waals surface area contributed by atoms with Gasteiger partial charge in [0, 0.05) is 18.3 Å². The fraction of sp³-hybridized carbons (Fsp3) is 0.111. The van der Waals surface area contributed by atoms with Crippen LogP contribution in [0.5, 0.6) is 11.6 Å². The Kier molecular flexibility index (Phi) is 5.06. The third-order valence-electron chi connectivity index (χ3n) is 3.37. The van der Waals surface area contributed by atoms with Crippen molar-refractivity contribution in [2.45, 2.75) is 13.2 Å². The molecule has 0 aliphatic carbocycles. The van der Waals surface area contributed by atoms with Crippen molar-refractivity contribution in [1.82, 2.24) is 10.3 Å². The minimum atomic E-state index is -0.504. The average molecular weight is 342 g/mol. The number of para-hydroxylation sites is 1. The Balaban J connectivity index is 1.71. The number of rotatable bonds is 6. The van der Waals surface area contributed by atoms with E-state index >= 15 is 0 Å². The van der Waals surface area contributed by atoms with Crippen molar-refractivity contribution in [2.24, 2.45) is 0 Å². The molecule has 0 fully saturated rings. The number of nitrogens with one attached hydrogen (secondary N) is 1. The molecule has 3 rings (SSSR count). The Labute approximate surface area is 142 Å². The van der Waals surface area contributed by atoms with Gasteiger partial charge in [0.05, 0.1) is 0 Å². The molecule has 2 aromatic heterocycles. The Morgan fingerprint density at radius 2 is 2.04 bits per heavy atom. The molecule has 0 saturated carbocycles. The number of hydrogen-bond acceptors (Lipinski definition) is 5. The van der Waals surface area contributed by atoms with E-state index in [9.17, 15) is 9.18 Å². The largest absolute Gasteiger partial charge is 0.453 e. The van der Waals surface area contributed by atoms with Crippen molar-refractivity contribution in [1.29, 1.82) is 0 Å². The number of aliphatic hydroxyl groups excluding tert-OH is 1. The van der Waals surface area contributed by atoms with E-state index in [1.165, 1.54) is 30.5 Å². The first kappa shape index (κ1) is 16.7. The van der Waals surface area contributed by atoms with E-state index in [-0.39, 0.29) is 30.5 Å². The molecular weight excluding hydrogens is 327 g/mol. The van der Waals surface area contributed by atoms with E-state index in [1.54, 1.807) is 24.3 Å². The van der Waals surface area contributed by atoms with Gasteiger partial charge in [0.25, 0.3) is 5.91 Å². The molecule has 0 aliphatic heterocycles. The van der Waals surface area contributed by atoms with Crippen molar-refractivity contribution in [3.63, 3.8) is 0 Å². The molecule has 0 radical (unpaired) electrons. The van der Waals surface area contributed by atoms with E-state index in [1.807, 2.05) is 0 Å². The quantitative estimate of drug-likeness (QED) is 0.719. The zero-order valence-corrected chi connectivity index (χ0v) is 13.1. The fourth-order valence-corrected chi connectivity index (χ4v) is 2.13. The topological polar surface area (TPSA) is 84.6 Å². The van der Waals surface area contributed by atoms with Gasteiger partial charge < -0.3 is 19.6 Å². The van der Waals surface area contributed by atoms with Crippen LogP contribution in [0.4, 0.5) is 4.39 Å². The highest BCUT2D eigenvalue weighted by Gasteiger charge is 2.13. The molecular formula is C18H15FN2O4. The van der Waals surface area contributed by atoms with Crippen LogP contribution in [0.1, 0.15) is 21.9 Å². The number of aromatic nitrogens is 1. The number of pyridine rings is 1. The Hall–Kier alpha value is -3.19. The van der Waals surface area contributed by atoms with Crippen LogP contribution >= 0.6 is 0 Å². The standard InChI is InChI=1S/C18H15FN2O4/c19-14-5-1-2-6-15(14)25-18-12(4-3-9-20-18)10-21-17(23)16-8-7-13(11-22)24-16/h1-9,22H,10-11H2,(H,21,23). The van der Waals surface area contributed by atoms with E-state index < -0.39 is 11.7 Å². The Bertz CT molecular complexity index is 879. The molecule has 0 spiro atoms. The third-order valence-corrected chi connectivity index (χ3v) is 3.37. The summed E-state index contributed by atoms with van der Waals surface area (Å²) in [6.45, 7) is -0.165. The average Bonchev–Trinajstić information content (AvgIpc) is 3.12. The highest BCUT2D eigenvalue weighted by molar-refractivity contribution is 5.91.